The molecule has 2 fully saturated rings. The van der Waals surface area contributed by atoms with E-state index in [4.69, 9.17) is 12.2 Å². The molecule has 33 heavy (non-hydrogen) atoms. The van der Waals surface area contributed by atoms with Gasteiger partial charge in [0.25, 0.3) is 11.6 Å². The van der Waals surface area contributed by atoms with E-state index in [9.17, 15) is 19.7 Å². The minimum absolute atomic E-state index is 0.00403. The zero-order valence-electron chi connectivity index (χ0n) is 17.8. The quantitative estimate of drug-likeness (QED) is 0.277. The molecule has 0 aliphatic carbocycles. The fraction of sp³-hybridized carbons (Fsp3) is 0.318. The van der Waals surface area contributed by atoms with Crippen LogP contribution in [0.2, 0.25) is 0 Å². The number of nitro benzene ring substituents is 1. The number of benzene rings is 1. The van der Waals surface area contributed by atoms with Gasteiger partial charge in [-0.2, -0.15) is 5.01 Å². The van der Waals surface area contributed by atoms with Gasteiger partial charge < -0.3 is 9.47 Å². The second kappa shape index (κ2) is 10.3. The highest BCUT2D eigenvalue weighted by Gasteiger charge is 2.33. The molecule has 11 heteroatoms. The van der Waals surface area contributed by atoms with E-state index in [1.165, 1.54) is 18.6 Å². The maximum Gasteiger partial charge on any atom is 0.285 e. The Hall–Kier alpha value is -3.02. The molecule has 2 aromatic rings. The summed E-state index contributed by atoms with van der Waals surface area (Å²) in [5.41, 5.74) is 4.07. The molecule has 4 rings (SSSR count). The first-order valence-electron chi connectivity index (χ1n) is 10.6. The van der Waals surface area contributed by atoms with Crippen molar-refractivity contribution in [3.05, 3.63) is 63.3 Å². The number of nitrogens with zero attached hydrogens (tertiary/aromatic N) is 4. The summed E-state index contributed by atoms with van der Waals surface area (Å²) < 4.78 is 2.08. The summed E-state index contributed by atoms with van der Waals surface area (Å²) in [6.45, 7) is 2.68. The number of carbonyl (C=O) groups is 2. The number of nitrogens with one attached hydrogen (secondary N) is 1. The average Bonchev–Trinajstić information content (AvgIpc) is 3.38. The number of thioether (sulfide) groups is 1. The summed E-state index contributed by atoms with van der Waals surface area (Å²) >= 11 is 6.43. The molecule has 1 aromatic heterocycles. The van der Waals surface area contributed by atoms with Crippen LogP contribution in [0.15, 0.2) is 47.5 Å². The van der Waals surface area contributed by atoms with Crippen molar-refractivity contribution in [1.29, 1.82) is 0 Å². The van der Waals surface area contributed by atoms with Crippen LogP contribution >= 0.6 is 24.0 Å². The van der Waals surface area contributed by atoms with E-state index in [2.05, 4.69) is 10.3 Å². The minimum Gasteiger partial charge on any atom is -0.317 e. The van der Waals surface area contributed by atoms with Crippen LogP contribution < -0.4 is 5.43 Å². The van der Waals surface area contributed by atoms with Crippen molar-refractivity contribution in [3.63, 3.8) is 0 Å². The van der Waals surface area contributed by atoms with E-state index >= 15 is 0 Å². The van der Waals surface area contributed by atoms with E-state index in [0.29, 0.717) is 23.6 Å². The Balaban J connectivity index is 1.42. The minimum atomic E-state index is -0.452. The number of hydrogen-bond acceptors (Lipinski definition) is 7. The van der Waals surface area contributed by atoms with Crippen molar-refractivity contribution in [2.24, 2.45) is 0 Å². The molecule has 172 valence electrons. The summed E-state index contributed by atoms with van der Waals surface area (Å²) in [5, 5.41) is 12.0. The number of hydrazine groups is 1. The van der Waals surface area contributed by atoms with Crippen molar-refractivity contribution < 1.29 is 14.5 Å². The number of carbonyl (C=O) groups excluding carboxylic acids is 2. The van der Waals surface area contributed by atoms with Crippen molar-refractivity contribution in [1.82, 2.24) is 19.9 Å². The van der Waals surface area contributed by atoms with E-state index in [-0.39, 0.29) is 21.8 Å². The summed E-state index contributed by atoms with van der Waals surface area (Å²) in [4.78, 5) is 38.4. The molecule has 2 aliphatic rings. The summed E-state index contributed by atoms with van der Waals surface area (Å²) in [7, 11) is 0. The number of nitro groups is 1. The second-order valence-electron chi connectivity index (χ2n) is 7.78. The van der Waals surface area contributed by atoms with Gasteiger partial charge in [0.05, 0.1) is 9.83 Å². The topological polar surface area (TPSA) is 101 Å². The Bertz CT molecular complexity index is 1110. The predicted molar refractivity (Wildman–Crippen MR) is 130 cm³/mol. The maximum absolute atomic E-state index is 12.9. The lowest BCUT2D eigenvalue weighted by Gasteiger charge is -2.26. The molecular formula is C22H23N5O4S2. The van der Waals surface area contributed by atoms with Crippen LogP contribution in [0.3, 0.4) is 0 Å². The molecule has 3 heterocycles. The standard InChI is InChI=1S/C22H23N5O4S2/c28-20(10-14-24-11-2-1-3-12-24)23-26-21(29)19(33-22(26)32)15-18-5-4-13-25(18)16-6-8-17(9-7-16)27(30)31/h4-9,13,15H,1-3,10-12,14H2,(H,23,28)/b19-15-. The van der Waals surface area contributed by atoms with Gasteiger partial charge in [-0.15, -0.1) is 0 Å². The molecule has 0 radical (unpaired) electrons. The van der Waals surface area contributed by atoms with Crippen molar-refractivity contribution in [3.8, 4) is 5.69 Å². The largest absolute Gasteiger partial charge is 0.317 e. The number of thiocarbonyl (C=S) groups is 1. The number of rotatable bonds is 7. The van der Waals surface area contributed by atoms with Crippen LogP contribution in [0.4, 0.5) is 5.69 Å². The summed E-state index contributed by atoms with van der Waals surface area (Å²) in [5.74, 6) is -0.625. The monoisotopic (exact) mass is 485 g/mol. The Kier molecular flexibility index (Phi) is 7.21. The number of non-ortho nitro benzene ring substituents is 1. The number of aromatic nitrogens is 1. The third-order valence-corrected chi connectivity index (χ3v) is 6.83. The molecule has 0 bridgehead atoms. The van der Waals surface area contributed by atoms with Crippen LogP contribution in [0.5, 0.6) is 0 Å². The highest BCUT2D eigenvalue weighted by atomic mass is 32.2. The number of hydrogen-bond donors (Lipinski definition) is 1. The SMILES string of the molecule is O=C(CCN1CCCCC1)NN1C(=O)/C(=C/c2cccn2-c2ccc([N+](=O)[O-])cc2)SC1=S. The molecule has 1 N–H and O–H groups in total. The zero-order valence-corrected chi connectivity index (χ0v) is 19.4. The number of piperidine rings is 1. The molecule has 0 spiro atoms. The molecule has 9 nitrogen and oxygen atoms in total. The third-order valence-electron chi connectivity index (χ3n) is 5.53. The maximum atomic E-state index is 12.9. The van der Waals surface area contributed by atoms with Gasteiger partial charge in [-0.1, -0.05) is 18.2 Å². The van der Waals surface area contributed by atoms with Crippen molar-refractivity contribution in [2.75, 3.05) is 19.6 Å². The van der Waals surface area contributed by atoms with Gasteiger partial charge in [-0.05, 0) is 68.5 Å². The van der Waals surface area contributed by atoms with E-state index in [1.807, 2.05) is 16.7 Å². The molecule has 0 saturated carbocycles. The molecule has 1 aromatic carbocycles. The lowest BCUT2D eigenvalue weighted by Crippen LogP contribution is -2.46. The molecular weight excluding hydrogens is 462 g/mol. The fourth-order valence-electron chi connectivity index (χ4n) is 3.80. The van der Waals surface area contributed by atoms with Gasteiger partial charge in [0.2, 0.25) is 5.91 Å². The third kappa shape index (κ3) is 5.49. The number of amides is 2. The highest BCUT2D eigenvalue weighted by molar-refractivity contribution is 8.26. The van der Waals surface area contributed by atoms with Gasteiger partial charge in [-0.3, -0.25) is 25.1 Å². The molecule has 2 amide bonds. The van der Waals surface area contributed by atoms with Crippen molar-refractivity contribution >= 4 is 51.9 Å². The van der Waals surface area contributed by atoms with Crippen molar-refractivity contribution in [2.45, 2.75) is 25.7 Å². The van der Waals surface area contributed by atoms with Gasteiger partial charge >= 0.3 is 0 Å². The van der Waals surface area contributed by atoms with Crippen LogP contribution in [0, 0.1) is 10.1 Å². The Labute approximate surface area is 200 Å². The fourth-order valence-corrected chi connectivity index (χ4v) is 4.97. The average molecular weight is 486 g/mol. The van der Waals surface area contributed by atoms with Crippen LogP contribution in [0.25, 0.3) is 11.8 Å². The van der Waals surface area contributed by atoms with Crippen LogP contribution in [-0.4, -0.2) is 55.2 Å². The van der Waals surface area contributed by atoms with E-state index in [0.717, 1.165) is 48.4 Å². The zero-order chi connectivity index (χ0) is 23.4. The second-order valence-corrected chi connectivity index (χ2v) is 9.46. The molecule has 0 atom stereocenters. The van der Waals surface area contributed by atoms with Gasteiger partial charge in [0.15, 0.2) is 4.32 Å². The normalized spacial score (nSPS) is 18.2. The van der Waals surface area contributed by atoms with Crippen LogP contribution in [-0.2, 0) is 9.59 Å². The van der Waals surface area contributed by atoms with E-state index < -0.39 is 4.92 Å². The van der Waals surface area contributed by atoms with Gasteiger partial charge in [-0.25, -0.2) is 0 Å². The lowest BCUT2D eigenvalue weighted by atomic mass is 10.1. The van der Waals surface area contributed by atoms with E-state index in [1.54, 1.807) is 24.4 Å². The molecule has 0 unspecified atom stereocenters. The highest BCUT2D eigenvalue weighted by Crippen LogP contribution is 2.32. The molecule has 2 aliphatic heterocycles. The van der Waals surface area contributed by atoms with Gasteiger partial charge in [0, 0.05) is 42.7 Å². The smallest absolute Gasteiger partial charge is 0.285 e. The Morgan fingerprint density at radius 2 is 1.91 bits per heavy atom. The van der Waals surface area contributed by atoms with Crippen LogP contribution in [0.1, 0.15) is 31.4 Å². The Morgan fingerprint density at radius 1 is 1.18 bits per heavy atom. The summed E-state index contributed by atoms with van der Waals surface area (Å²) in [6, 6.07) is 9.78. The molecule has 2 saturated heterocycles. The first kappa shape index (κ1) is 23.1. The first-order chi connectivity index (χ1) is 15.9. The predicted octanol–water partition coefficient (Wildman–Crippen LogP) is 3.49. The first-order valence-corrected chi connectivity index (χ1v) is 11.9. The number of likely N-dealkylation sites (tertiary alicyclic amines) is 1. The lowest BCUT2D eigenvalue weighted by molar-refractivity contribution is -0.384. The summed E-state index contributed by atoms with van der Waals surface area (Å²) in [6.07, 6.45) is 7.35. The van der Waals surface area contributed by atoms with Gasteiger partial charge in [0.1, 0.15) is 0 Å². The Morgan fingerprint density at radius 3 is 2.61 bits per heavy atom.